The molecule has 0 radical (unpaired) electrons. The van der Waals surface area contributed by atoms with E-state index in [0.29, 0.717) is 36.7 Å². The maximum atomic E-state index is 12.5. The smallest absolute Gasteiger partial charge is 0.260 e. The number of carbonyl (C=O) groups excluding carboxylic acids is 1. The highest BCUT2D eigenvalue weighted by atomic mass is 35.5. The van der Waals surface area contributed by atoms with Gasteiger partial charge in [0.2, 0.25) is 10.0 Å². The molecule has 1 aromatic carbocycles. The molecule has 0 aliphatic carbocycles. The van der Waals surface area contributed by atoms with Crippen LogP contribution in [-0.4, -0.2) is 62.6 Å². The van der Waals surface area contributed by atoms with E-state index in [1.54, 1.807) is 11.9 Å². The Morgan fingerprint density at radius 2 is 1.93 bits per heavy atom. The van der Waals surface area contributed by atoms with E-state index in [9.17, 15) is 13.2 Å². The fourth-order valence-electron chi connectivity index (χ4n) is 3.23. The van der Waals surface area contributed by atoms with E-state index in [0.717, 1.165) is 11.1 Å². The van der Waals surface area contributed by atoms with Gasteiger partial charge in [0, 0.05) is 31.2 Å². The van der Waals surface area contributed by atoms with Gasteiger partial charge in [-0.3, -0.25) is 4.79 Å². The highest BCUT2D eigenvalue weighted by molar-refractivity contribution is 7.88. The average Bonchev–Trinajstić information content (AvgIpc) is 2.60. The molecule has 0 spiro atoms. The number of aryl methyl sites for hydroxylation is 1. The Morgan fingerprint density at radius 3 is 2.44 bits per heavy atom. The summed E-state index contributed by atoms with van der Waals surface area (Å²) in [6.07, 6.45) is 2.47. The van der Waals surface area contributed by atoms with Crippen molar-refractivity contribution in [3.8, 4) is 5.75 Å². The van der Waals surface area contributed by atoms with Crippen molar-refractivity contribution >= 4 is 27.5 Å². The Labute approximate surface area is 167 Å². The lowest BCUT2D eigenvalue weighted by molar-refractivity contribution is -0.134. The van der Waals surface area contributed by atoms with Crippen LogP contribution in [0.1, 0.15) is 43.7 Å². The summed E-state index contributed by atoms with van der Waals surface area (Å²) in [5.41, 5.74) is 1.89. The molecule has 0 atom stereocenters. The number of piperidine rings is 1. The van der Waals surface area contributed by atoms with E-state index >= 15 is 0 Å². The van der Waals surface area contributed by atoms with Crippen molar-refractivity contribution < 1.29 is 17.9 Å². The summed E-state index contributed by atoms with van der Waals surface area (Å²) in [4.78, 5) is 14.3. The molecule has 8 heteroatoms. The molecule has 1 fully saturated rings. The number of carbonyl (C=O) groups is 1. The van der Waals surface area contributed by atoms with Crippen molar-refractivity contribution in [2.75, 3.05) is 33.0 Å². The van der Waals surface area contributed by atoms with Crippen LogP contribution in [0.2, 0.25) is 5.02 Å². The summed E-state index contributed by atoms with van der Waals surface area (Å²) in [5, 5.41) is 0.689. The standard InChI is InChI=1S/C19H29ClN2O4S/c1-13(2)16-11-17(20)14(3)10-18(16)26-12-19(23)22-8-6-15(7-9-22)21(4)27(5,24)25/h10-11,13,15H,6-9,12H2,1-5H3. The topological polar surface area (TPSA) is 66.9 Å². The second-order valence-corrected chi connectivity index (χ2v) is 9.92. The molecular weight excluding hydrogens is 388 g/mol. The van der Waals surface area contributed by atoms with Gasteiger partial charge < -0.3 is 9.64 Å². The van der Waals surface area contributed by atoms with Gasteiger partial charge in [-0.2, -0.15) is 0 Å². The summed E-state index contributed by atoms with van der Waals surface area (Å²) >= 11 is 6.21. The number of nitrogens with zero attached hydrogens (tertiary/aromatic N) is 2. The molecule has 0 saturated carbocycles. The van der Waals surface area contributed by atoms with E-state index in [1.807, 2.05) is 19.1 Å². The van der Waals surface area contributed by atoms with Gasteiger partial charge >= 0.3 is 0 Å². The zero-order chi connectivity index (χ0) is 20.4. The minimum Gasteiger partial charge on any atom is -0.483 e. The number of sulfonamides is 1. The minimum atomic E-state index is -3.21. The Morgan fingerprint density at radius 1 is 1.33 bits per heavy atom. The third kappa shape index (κ3) is 5.59. The summed E-state index contributed by atoms with van der Waals surface area (Å²) in [6, 6.07) is 3.71. The zero-order valence-electron chi connectivity index (χ0n) is 16.7. The predicted octanol–water partition coefficient (Wildman–Crippen LogP) is 3.03. The quantitative estimate of drug-likeness (QED) is 0.714. The molecule has 1 amide bonds. The predicted molar refractivity (Wildman–Crippen MR) is 108 cm³/mol. The van der Waals surface area contributed by atoms with E-state index in [2.05, 4.69) is 13.8 Å². The maximum absolute atomic E-state index is 12.5. The first-order valence-corrected chi connectivity index (χ1v) is 11.4. The molecule has 0 N–H and O–H groups in total. The van der Waals surface area contributed by atoms with Crippen molar-refractivity contribution in [1.29, 1.82) is 0 Å². The second kappa shape index (κ2) is 8.80. The van der Waals surface area contributed by atoms with Gasteiger partial charge in [-0.1, -0.05) is 25.4 Å². The molecule has 1 heterocycles. The molecule has 0 bridgehead atoms. The van der Waals surface area contributed by atoms with Crippen LogP contribution in [-0.2, 0) is 14.8 Å². The highest BCUT2D eigenvalue weighted by Gasteiger charge is 2.29. The Balaban J connectivity index is 1.95. The molecular formula is C19H29ClN2O4S. The summed E-state index contributed by atoms with van der Waals surface area (Å²) in [7, 11) is -1.62. The number of halogens is 1. The zero-order valence-corrected chi connectivity index (χ0v) is 18.2. The minimum absolute atomic E-state index is 0.0344. The van der Waals surface area contributed by atoms with E-state index < -0.39 is 10.0 Å². The molecule has 6 nitrogen and oxygen atoms in total. The lowest BCUT2D eigenvalue weighted by atomic mass is 10.0. The molecule has 1 aliphatic rings. The van der Waals surface area contributed by atoms with Crippen molar-refractivity contribution in [2.45, 2.75) is 45.6 Å². The first kappa shape index (κ1) is 22.0. The average molecular weight is 417 g/mol. The Bertz CT molecular complexity index is 787. The molecule has 27 heavy (non-hydrogen) atoms. The lowest BCUT2D eigenvalue weighted by Crippen LogP contribution is -2.48. The monoisotopic (exact) mass is 416 g/mol. The SMILES string of the molecule is Cc1cc(OCC(=O)N2CCC(N(C)S(C)(=O)=O)CC2)c(C(C)C)cc1Cl. The highest BCUT2D eigenvalue weighted by Crippen LogP contribution is 2.32. The van der Waals surface area contributed by atoms with Crippen molar-refractivity contribution in [3.63, 3.8) is 0 Å². The van der Waals surface area contributed by atoms with Crippen molar-refractivity contribution in [2.24, 2.45) is 0 Å². The summed E-state index contributed by atoms with van der Waals surface area (Å²) in [5.74, 6) is 0.834. The van der Waals surface area contributed by atoms with Gasteiger partial charge in [-0.25, -0.2) is 12.7 Å². The van der Waals surface area contributed by atoms with E-state index in [4.69, 9.17) is 16.3 Å². The van der Waals surface area contributed by atoms with Crippen LogP contribution in [0.5, 0.6) is 5.75 Å². The second-order valence-electron chi connectivity index (χ2n) is 7.47. The van der Waals surface area contributed by atoms with Crippen molar-refractivity contribution in [3.05, 3.63) is 28.3 Å². The van der Waals surface area contributed by atoms with E-state index in [-0.39, 0.29) is 24.5 Å². The van der Waals surface area contributed by atoms with Gasteiger partial charge in [0.25, 0.3) is 5.91 Å². The molecule has 0 aromatic heterocycles. The molecule has 2 rings (SSSR count). The van der Waals surface area contributed by atoms with Crippen LogP contribution < -0.4 is 4.74 Å². The van der Waals surface area contributed by atoms with Gasteiger partial charge in [0.05, 0.1) is 6.26 Å². The Hall–Kier alpha value is -1.31. The van der Waals surface area contributed by atoms with Crippen LogP contribution in [0.25, 0.3) is 0 Å². The number of benzene rings is 1. The molecule has 152 valence electrons. The van der Waals surface area contributed by atoms with Gasteiger partial charge in [-0.05, 0) is 48.9 Å². The van der Waals surface area contributed by atoms with E-state index in [1.165, 1.54) is 10.6 Å². The molecule has 1 saturated heterocycles. The van der Waals surface area contributed by atoms with Crippen molar-refractivity contribution in [1.82, 2.24) is 9.21 Å². The number of likely N-dealkylation sites (tertiary alicyclic amines) is 1. The maximum Gasteiger partial charge on any atom is 0.260 e. The van der Waals surface area contributed by atoms with Gasteiger partial charge in [0.1, 0.15) is 5.75 Å². The molecule has 0 unspecified atom stereocenters. The Kier molecular flexibility index (Phi) is 7.16. The summed E-state index contributed by atoms with van der Waals surface area (Å²) < 4.78 is 30.5. The fourth-order valence-corrected chi connectivity index (χ4v) is 4.15. The normalized spacial score (nSPS) is 16.2. The summed E-state index contributed by atoms with van der Waals surface area (Å²) in [6.45, 7) is 7.04. The molecule has 1 aliphatic heterocycles. The molecule has 1 aromatic rings. The first-order valence-electron chi connectivity index (χ1n) is 9.14. The largest absolute Gasteiger partial charge is 0.483 e. The van der Waals surface area contributed by atoms with Crippen LogP contribution in [0.3, 0.4) is 0 Å². The van der Waals surface area contributed by atoms with Gasteiger partial charge in [0.15, 0.2) is 6.61 Å². The lowest BCUT2D eigenvalue weighted by Gasteiger charge is -2.35. The van der Waals surface area contributed by atoms with Crippen LogP contribution in [0.4, 0.5) is 0 Å². The van der Waals surface area contributed by atoms with Crippen LogP contribution in [0.15, 0.2) is 12.1 Å². The number of hydrogen-bond acceptors (Lipinski definition) is 4. The van der Waals surface area contributed by atoms with Crippen LogP contribution in [0, 0.1) is 6.92 Å². The number of amides is 1. The number of rotatable bonds is 6. The fraction of sp³-hybridized carbons (Fsp3) is 0.632. The van der Waals surface area contributed by atoms with Gasteiger partial charge in [-0.15, -0.1) is 0 Å². The number of ether oxygens (including phenoxy) is 1. The third-order valence-electron chi connectivity index (χ3n) is 5.12. The third-order valence-corrected chi connectivity index (χ3v) is 6.87. The first-order chi connectivity index (χ1) is 12.5. The van der Waals surface area contributed by atoms with Crippen LogP contribution >= 0.6 is 11.6 Å². The number of hydrogen-bond donors (Lipinski definition) is 0.